The first-order valence-corrected chi connectivity index (χ1v) is 10.2. The highest BCUT2D eigenvalue weighted by molar-refractivity contribution is 6.34. The van der Waals surface area contributed by atoms with Crippen LogP contribution in [0, 0.1) is 11.6 Å². The number of nitrogens with one attached hydrogen (secondary N) is 1. The second-order valence-electron chi connectivity index (χ2n) is 7.32. The van der Waals surface area contributed by atoms with Crippen molar-refractivity contribution in [3.63, 3.8) is 0 Å². The minimum absolute atomic E-state index is 0.107. The van der Waals surface area contributed by atoms with Gasteiger partial charge in [-0.15, -0.1) is 0 Å². The van der Waals surface area contributed by atoms with Crippen LogP contribution in [0.15, 0.2) is 54.7 Å². The third-order valence-electron chi connectivity index (χ3n) is 5.36. The van der Waals surface area contributed by atoms with E-state index in [1.54, 1.807) is 42.6 Å². The Kier molecular flexibility index (Phi) is 6.11. The second-order valence-corrected chi connectivity index (χ2v) is 7.72. The van der Waals surface area contributed by atoms with Crippen LogP contribution >= 0.6 is 11.6 Å². The Morgan fingerprint density at radius 3 is 2.63 bits per heavy atom. The van der Waals surface area contributed by atoms with Crippen molar-refractivity contribution in [2.45, 2.75) is 25.4 Å². The first-order chi connectivity index (χ1) is 14.5. The second kappa shape index (κ2) is 8.93. The van der Waals surface area contributed by atoms with Gasteiger partial charge in [0.2, 0.25) is 0 Å². The maximum Gasteiger partial charge on any atom is 0.258 e. The Balaban J connectivity index is 1.39. The molecule has 3 aromatic rings. The Labute approximate surface area is 178 Å². The minimum Gasteiger partial charge on any atom is -0.307 e. The average Bonchev–Trinajstić information content (AvgIpc) is 3.20. The molecule has 1 aromatic heterocycles. The zero-order valence-corrected chi connectivity index (χ0v) is 16.9. The smallest absolute Gasteiger partial charge is 0.258 e. The molecule has 156 valence electrons. The zero-order chi connectivity index (χ0) is 21.1. The fourth-order valence-electron chi connectivity index (χ4n) is 3.77. The summed E-state index contributed by atoms with van der Waals surface area (Å²) in [6.07, 6.45) is 3.22. The van der Waals surface area contributed by atoms with E-state index in [0.29, 0.717) is 28.5 Å². The molecule has 1 amide bonds. The molecule has 1 aliphatic rings. The third-order valence-corrected chi connectivity index (χ3v) is 5.69. The van der Waals surface area contributed by atoms with Crippen LogP contribution in [0.25, 0.3) is 0 Å². The number of carbonyl (C=O) groups excluding carboxylic acids is 1. The molecule has 0 saturated carbocycles. The molecule has 0 atom stereocenters. The number of carbonyl (C=O) groups is 1. The maximum absolute atomic E-state index is 13.9. The minimum atomic E-state index is -0.821. The van der Waals surface area contributed by atoms with Gasteiger partial charge in [0.25, 0.3) is 5.91 Å². The number of halogens is 3. The highest BCUT2D eigenvalue weighted by Gasteiger charge is 2.24. The van der Waals surface area contributed by atoms with Crippen molar-refractivity contribution in [2.75, 3.05) is 18.4 Å². The summed E-state index contributed by atoms with van der Waals surface area (Å²) in [7, 11) is 0. The summed E-state index contributed by atoms with van der Waals surface area (Å²) in [6, 6.07) is 13.0. The highest BCUT2D eigenvalue weighted by atomic mass is 35.5. The fourth-order valence-corrected chi connectivity index (χ4v) is 3.99. The summed E-state index contributed by atoms with van der Waals surface area (Å²) in [5, 5.41) is 7.65. The standard InChI is InChI=1S/C22H21ClF2N4O/c23-18-6-2-1-5-17(18)22(30)27-20-8-11-26-29(20)16-9-12-28(13-10-16)14-15-4-3-7-19(24)21(15)25/h1-8,11,16H,9-10,12-14H2,(H,27,30). The van der Waals surface area contributed by atoms with Gasteiger partial charge in [0, 0.05) is 31.3 Å². The van der Waals surface area contributed by atoms with Crippen LogP contribution in [0.4, 0.5) is 14.6 Å². The summed E-state index contributed by atoms with van der Waals surface area (Å²) in [4.78, 5) is 14.7. The van der Waals surface area contributed by atoms with Crippen molar-refractivity contribution in [2.24, 2.45) is 0 Å². The van der Waals surface area contributed by atoms with E-state index in [4.69, 9.17) is 11.6 Å². The van der Waals surface area contributed by atoms with E-state index < -0.39 is 11.6 Å². The van der Waals surface area contributed by atoms with Gasteiger partial charge in [-0.3, -0.25) is 9.69 Å². The molecule has 2 aromatic carbocycles. The molecule has 1 saturated heterocycles. The predicted molar refractivity (Wildman–Crippen MR) is 112 cm³/mol. The van der Waals surface area contributed by atoms with E-state index in [0.717, 1.165) is 32.0 Å². The zero-order valence-electron chi connectivity index (χ0n) is 16.2. The topological polar surface area (TPSA) is 50.2 Å². The summed E-state index contributed by atoms with van der Waals surface area (Å²) in [5.41, 5.74) is 0.763. The number of rotatable bonds is 5. The van der Waals surface area contributed by atoms with Gasteiger partial charge in [-0.1, -0.05) is 35.9 Å². The molecular formula is C22H21ClF2N4O. The van der Waals surface area contributed by atoms with Crippen LogP contribution in [-0.4, -0.2) is 33.7 Å². The number of piperidine rings is 1. The van der Waals surface area contributed by atoms with Crippen molar-refractivity contribution < 1.29 is 13.6 Å². The number of amides is 1. The summed E-state index contributed by atoms with van der Waals surface area (Å²) < 4.78 is 29.2. The average molecular weight is 431 g/mol. The van der Waals surface area contributed by atoms with Crippen LogP contribution in [0.3, 0.4) is 0 Å². The van der Waals surface area contributed by atoms with Gasteiger partial charge >= 0.3 is 0 Å². The van der Waals surface area contributed by atoms with Crippen LogP contribution in [-0.2, 0) is 6.54 Å². The van der Waals surface area contributed by atoms with Crippen LogP contribution in [0.2, 0.25) is 5.02 Å². The van der Waals surface area contributed by atoms with Crippen molar-refractivity contribution in [1.29, 1.82) is 0 Å². The molecule has 4 rings (SSSR count). The van der Waals surface area contributed by atoms with Crippen LogP contribution in [0.5, 0.6) is 0 Å². The number of hydrogen-bond donors (Lipinski definition) is 1. The number of hydrogen-bond acceptors (Lipinski definition) is 3. The molecule has 2 heterocycles. The van der Waals surface area contributed by atoms with Gasteiger partial charge in [0.15, 0.2) is 11.6 Å². The van der Waals surface area contributed by atoms with E-state index in [1.807, 2.05) is 4.68 Å². The lowest BCUT2D eigenvalue weighted by molar-refractivity contribution is 0.102. The first-order valence-electron chi connectivity index (χ1n) is 9.77. The summed E-state index contributed by atoms with van der Waals surface area (Å²) in [5.74, 6) is -1.29. The van der Waals surface area contributed by atoms with Crippen molar-refractivity contribution >= 4 is 23.3 Å². The maximum atomic E-state index is 13.9. The van der Waals surface area contributed by atoms with Gasteiger partial charge < -0.3 is 5.32 Å². The number of likely N-dealkylation sites (tertiary alicyclic amines) is 1. The molecule has 8 heteroatoms. The molecule has 5 nitrogen and oxygen atoms in total. The monoisotopic (exact) mass is 430 g/mol. The molecule has 0 spiro atoms. The molecule has 0 unspecified atom stereocenters. The van der Waals surface area contributed by atoms with Gasteiger partial charge in [0.1, 0.15) is 5.82 Å². The van der Waals surface area contributed by atoms with Crippen molar-refractivity contribution in [3.05, 3.63) is 82.5 Å². The van der Waals surface area contributed by atoms with E-state index in [9.17, 15) is 13.6 Å². The highest BCUT2D eigenvalue weighted by Crippen LogP contribution is 2.27. The fraction of sp³-hybridized carbons (Fsp3) is 0.273. The molecule has 0 bridgehead atoms. The van der Waals surface area contributed by atoms with Gasteiger partial charge in [-0.2, -0.15) is 5.10 Å². The molecule has 0 radical (unpaired) electrons. The van der Waals surface area contributed by atoms with Crippen molar-refractivity contribution in [3.8, 4) is 0 Å². The lowest BCUT2D eigenvalue weighted by atomic mass is 10.0. The largest absolute Gasteiger partial charge is 0.307 e. The lowest BCUT2D eigenvalue weighted by Gasteiger charge is -2.32. The van der Waals surface area contributed by atoms with Gasteiger partial charge in [0.05, 0.1) is 22.8 Å². The van der Waals surface area contributed by atoms with E-state index >= 15 is 0 Å². The molecular weight excluding hydrogens is 410 g/mol. The van der Waals surface area contributed by atoms with E-state index in [1.165, 1.54) is 6.07 Å². The SMILES string of the molecule is O=C(Nc1ccnn1C1CCN(Cc2cccc(F)c2F)CC1)c1ccccc1Cl. The molecule has 0 aliphatic carbocycles. The van der Waals surface area contributed by atoms with E-state index in [-0.39, 0.29) is 11.9 Å². The van der Waals surface area contributed by atoms with Gasteiger partial charge in [-0.05, 0) is 31.0 Å². The first kappa shape index (κ1) is 20.5. The Morgan fingerprint density at radius 2 is 1.87 bits per heavy atom. The lowest BCUT2D eigenvalue weighted by Crippen LogP contribution is -2.35. The molecule has 1 N–H and O–H groups in total. The number of nitrogens with zero attached hydrogens (tertiary/aromatic N) is 3. The van der Waals surface area contributed by atoms with E-state index in [2.05, 4.69) is 15.3 Å². The van der Waals surface area contributed by atoms with Crippen molar-refractivity contribution in [1.82, 2.24) is 14.7 Å². The third kappa shape index (κ3) is 4.37. The predicted octanol–water partition coefficient (Wildman–Crippen LogP) is 4.90. The summed E-state index contributed by atoms with van der Waals surface area (Å²) >= 11 is 6.11. The van der Waals surface area contributed by atoms with Crippen LogP contribution < -0.4 is 5.32 Å². The Morgan fingerprint density at radius 1 is 1.10 bits per heavy atom. The van der Waals surface area contributed by atoms with Gasteiger partial charge in [-0.25, -0.2) is 13.5 Å². The molecule has 1 aliphatic heterocycles. The molecule has 30 heavy (non-hydrogen) atoms. The molecule has 1 fully saturated rings. The normalized spacial score (nSPS) is 15.3. The quantitative estimate of drug-likeness (QED) is 0.626. The van der Waals surface area contributed by atoms with Crippen LogP contribution in [0.1, 0.15) is 34.8 Å². The number of benzene rings is 2. The Bertz CT molecular complexity index is 1050. The number of aromatic nitrogens is 2. The summed E-state index contributed by atoms with van der Waals surface area (Å²) in [6.45, 7) is 1.81. The Hall–Kier alpha value is -2.77. The number of anilines is 1.